The van der Waals surface area contributed by atoms with E-state index in [0.29, 0.717) is 5.56 Å². The summed E-state index contributed by atoms with van der Waals surface area (Å²) in [6.45, 7) is 0. The Balaban J connectivity index is 1.96. The van der Waals surface area contributed by atoms with E-state index >= 15 is 0 Å². The number of amides is 1. The third kappa shape index (κ3) is 3.16. The molecule has 0 aliphatic carbocycles. The van der Waals surface area contributed by atoms with Crippen molar-refractivity contribution in [1.82, 2.24) is 4.98 Å². The fraction of sp³-hybridized carbons (Fsp3) is 0.0952. The Hall–Kier alpha value is -4.14. The number of para-hydroxylation sites is 1. The van der Waals surface area contributed by atoms with Crippen LogP contribution in [0.3, 0.4) is 0 Å². The van der Waals surface area contributed by atoms with E-state index in [-0.39, 0.29) is 28.4 Å². The zero-order valence-corrected chi connectivity index (χ0v) is 15.5. The number of halogens is 1. The molecule has 2 unspecified atom stereocenters. The summed E-state index contributed by atoms with van der Waals surface area (Å²) in [5.41, 5.74) is 6.51. The molecular formula is C21H17FN4O4. The molecule has 0 bridgehead atoms. The van der Waals surface area contributed by atoms with E-state index in [9.17, 15) is 24.2 Å². The van der Waals surface area contributed by atoms with Gasteiger partial charge in [0.15, 0.2) is 5.82 Å². The summed E-state index contributed by atoms with van der Waals surface area (Å²) >= 11 is 0. The van der Waals surface area contributed by atoms with E-state index in [1.807, 2.05) is 0 Å². The number of carboxylic acids is 1. The van der Waals surface area contributed by atoms with Crippen molar-refractivity contribution >= 4 is 23.4 Å². The summed E-state index contributed by atoms with van der Waals surface area (Å²) in [6.07, 6.45) is 0.547. The maximum absolute atomic E-state index is 13.5. The first-order valence-electron chi connectivity index (χ1n) is 8.98. The second-order valence-corrected chi connectivity index (χ2v) is 6.73. The number of nitrogens with zero attached hydrogens (tertiary/aromatic N) is 2. The highest BCUT2D eigenvalue weighted by atomic mass is 19.1. The predicted molar refractivity (Wildman–Crippen MR) is 106 cm³/mol. The van der Waals surface area contributed by atoms with Gasteiger partial charge in [0, 0.05) is 11.8 Å². The molecule has 8 nitrogen and oxygen atoms in total. The zero-order valence-electron chi connectivity index (χ0n) is 15.5. The van der Waals surface area contributed by atoms with Gasteiger partial charge in [0.2, 0.25) is 5.91 Å². The lowest BCUT2D eigenvalue weighted by atomic mass is 10.00. The number of aromatic nitrogens is 1. The highest BCUT2D eigenvalue weighted by molar-refractivity contribution is 6.01. The van der Waals surface area contributed by atoms with Crippen molar-refractivity contribution in [3.8, 4) is 5.75 Å². The van der Waals surface area contributed by atoms with Gasteiger partial charge in [-0.15, -0.1) is 0 Å². The van der Waals surface area contributed by atoms with E-state index in [0.717, 1.165) is 0 Å². The predicted octanol–water partition coefficient (Wildman–Crippen LogP) is 2.78. The molecule has 0 radical (unpaired) electrons. The first-order valence-corrected chi connectivity index (χ1v) is 8.98. The molecule has 30 heavy (non-hydrogen) atoms. The number of carbonyl (C=O) groups excluding carboxylic acids is 1. The Kier molecular flexibility index (Phi) is 4.71. The Bertz CT molecular complexity index is 1140. The van der Waals surface area contributed by atoms with Gasteiger partial charge in [-0.25, -0.2) is 14.2 Å². The average Bonchev–Trinajstić information content (AvgIpc) is 3.09. The van der Waals surface area contributed by atoms with Crippen molar-refractivity contribution in [3.63, 3.8) is 0 Å². The van der Waals surface area contributed by atoms with Gasteiger partial charge in [-0.1, -0.05) is 30.3 Å². The molecule has 1 aliphatic heterocycles. The van der Waals surface area contributed by atoms with Crippen molar-refractivity contribution in [1.29, 1.82) is 0 Å². The van der Waals surface area contributed by atoms with E-state index in [4.69, 9.17) is 5.73 Å². The minimum Gasteiger partial charge on any atom is -0.508 e. The lowest BCUT2D eigenvalue weighted by molar-refractivity contribution is -0.119. The summed E-state index contributed by atoms with van der Waals surface area (Å²) in [4.78, 5) is 30.1. The summed E-state index contributed by atoms with van der Waals surface area (Å²) < 4.78 is 13.5. The number of hydrogen-bond donors (Lipinski definition) is 4. The molecular weight excluding hydrogens is 391 g/mol. The number of carbonyl (C=O) groups is 2. The number of benzene rings is 2. The second-order valence-electron chi connectivity index (χ2n) is 6.73. The molecule has 0 saturated heterocycles. The molecule has 1 aliphatic rings. The fourth-order valence-electron chi connectivity index (χ4n) is 3.65. The quantitative estimate of drug-likeness (QED) is 0.511. The van der Waals surface area contributed by atoms with E-state index in [1.165, 1.54) is 53.6 Å². The third-order valence-electron chi connectivity index (χ3n) is 4.93. The number of carboxylic acid groups (broad SMARTS) is 1. The van der Waals surface area contributed by atoms with Crippen LogP contribution >= 0.6 is 0 Å². The van der Waals surface area contributed by atoms with Crippen LogP contribution in [-0.2, 0) is 4.79 Å². The number of primary amides is 1. The Labute approximate surface area is 170 Å². The molecule has 9 heteroatoms. The van der Waals surface area contributed by atoms with Crippen LogP contribution in [0.1, 0.15) is 33.7 Å². The minimum absolute atomic E-state index is 0.0983. The molecule has 1 amide bonds. The van der Waals surface area contributed by atoms with Crippen molar-refractivity contribution in [2.24, 2.45) is 5.73 Å². The van der Waals surface area contributed by atoms with Crippen LogP contribution in [0.4, 0.5) is 15.9 Å². The lowest BCUT2D eigenvalue weighted by Gasteiger charge is -2.34. The highest BCUT2D eigenvalue weighted by Gasteiger charge is 2.42. The van der Waals surface area contributed by atoms with Crippen molar-refractivity contribution in [2.45, 2.75) is 12.2 Å². The number of phenols is 1. The number of anilines is 2. The van der Waals surface area contributed by atoms with Gasteiger partial charge in [-0.2, -0.15) is 0 Å². The molecule has 3 aromatic rings. The molecule has 4 rings (SSSR count). The summed E-state index contributed by atoms with van der Waals surface area (Å²) in [6, 6.07) is 11.8. The second kappa shape index (κ2) is 7.36. The highest BCUT2D eigenvalue weighted by Crippen LogP contribution is 2.48. The standard InChI is InChI=1S/C21H17FN4O4/c22-12-7-5-11(6-8-12)20-25-19-17(14(21(29)30)9-10-24-19)26(20)16(18(23)28)13-3-1-2-4-15(13)27/h1-10,16,20,27H,(H2,23,28)(H,24,25)(H,29,30). The molecule has 0 spiro atoms. The van der Waals surface area contributed by atoms with Gasteiger partial charge in [0.25, 0.3) is 0 Å². The van der Waals surface area contributed by atoms with Crippen LogP contribution in [0.5, 0.6) is 5.75 Å². The molecule has 0 fully saturated rings. The third-order valence-corrected chi connectivity index (χ3v) is 4.93. The van der Waals surface area contributed by atoms with Gasteiger partial charge < -0.3 is 26.2 Å². The van der Waals surface area contributed by atoms with E-state index in [1.54, 1.807) is 12.1 Å². The summed E-state index contributed by atoms with van der Waals surface area (Å²) in [7, 11) is 0. The number of pyridine rings is 1. The fourth-order valence-corrected chi connectivity index (χ4v) is 3.65. The maximum Gasteiger partial charge on any atom is 0.338 e. The number of aromatic hydroxyl groups is 1. The van der Waals surface area contributed by atoms with Gasteiger partial charge in [-0.3, -0.25) is 4.79 Å². The Morgan fingerprint density at radius 2 is 1.83 bits per heavy atom. The largest absolute Gasteiger partial charge is 0.508 e. The Morgan fingerprint density at radius 1 is 1.13 bits per heavy atom. The molecule has 0 saturated carbocycles. The van der Waals surface area contributed by atoms with Crippen LogP contribution in [0.15, 0.2) is 60.8 Å². The summed E-state index contributed by atoms with van der Waals surface area (Å²) in [5, 5.41) is 23.2. The van der Waals surface area contributed by atoms with Crippen LogP contribution in [-0.4, -0.2) is 27.1 Å². The number of nitrogens with two attached hydrogens (primary N) is 1. The monoisotopic (exact) mass is 408 g/mol. The Morgan fingerprint density at radius 3 is 2.47 bits per heavy atom. The van der Waals surface area contributed by atoms with Crippen molar-refractivity contribution < 1.29 is 24.2 Å². The van der Waals surface area contributed by atoms with Crippen molar-refractivity contribution in [3.05, 3.63) is 83.3 Å². The first-order chi connectivity index (χ1) is 14.4. The molecule has 2 atom stereocenters. The van der Waals surface area contributed by atoms with Crippen LogP contribution in [0, 0.1) is 5.82 Å². The van der Waals surface area contributed by atoms with E-state index < -0.39 is 29.9 Å². The maximum atomic E-state index is 13.5. The normalized spacial score (nSPS) is 15.9. The first kappa shape index (κ1) is 19.2. The SMILES string of the molecule is NC(=O)C(c1ccccc1O)N1c2c(C(=O)O)ccnc2NC1c1ccc(F)cc1. The van der Waals surface area contributed by atoms with Crippen molar-refractivity contribution in [2.75, 3.05) is 10.2 Å². The molecule has 2 heterocycles. The van der Waals surface area contributed by atoms with Crippen LogP contribution < -0.4 is 16.0 Å². The topological polar surface area (TPSA) is 129 Å². The number of phenolic OH excluding ortho intramolecular Hbond substituents is 1. The number of rotatable bonds is 5. The zero-order chi connectivity index (χ0) is 21.4. The van der Waals surface area contributed by atoms with Gasteiger partial charge >= 0.3 is 5.97 Å². The van der Waals surface area contributed by atoms with Gasteiger partial charge in [-0.05, 0) is 29.8 Å². The molecule has 5 N–H and O–H groups in total. The van der Waals surface area contributed by atoms with Gasteiger partial charge in [0.1, 0.15) is 23.8 Å². The average molecular weight is 408 g/mol. The molecule has 2 aromatic carbocycles. The van der Waals surface area contributed by atoms with Gasteiger partial charge in [0.05, 0.1) is 11.3 Å². The number of aromatic carboxylic acids is 1. The smallest absolute Gasteiger partial charge is 0.338 e. The molecule has 1 aromatic heterocycles. The number of nitrogens with one attached hydrogen (secondary N) is 1. The van der Waals surface area contributed by atoms with Crippen LogP contribution in [0.2, 0.25) is 0 Å². The lowest BCUT2D eigenvalue weighted by Crippen LogP contribution is -2.40. The number of hydrogen-bond acceptors (Lipinski definition) is 6. The minimum atomic E-state index is -1.22. The van der Waals surface area contributed by atoms with Crippen LogP contribution in [0.25, 0.3) is 0 Å². The van der Waals surface area contributed by atoms with E-state index in [2.05, 4.69) is 10.3 Å². The number of fused-ring (bicyclic) bond motifs is 1. The summed E-state index contributed by atoms with van der Waals surface area (Å²) in [5.74, 6) is -2.42. The molecule has 152 valence electrons.